The second-order valence-corrected chi connectivity index (χ2v) is 6.18. The molecule has 2 rings (SSSR count). The third-order valence-electron chi connectivity index (χ3n) is 2.54. The molecule has 0 saturated heterocycles. The molecule has 0 amide bonds. The van der Waals surface area contributed by atoms with Gasteiger partial charge in [-0.15, -0.1) is 0 Å². The summed E-state index contributed by atoms with van der Waals surface area (Å²) in [5.41, 5.74) is 7.42. The number of pyridine rings is 1. The van der Waals surface area contributed by atoms with Gasteiger partial charge in [-0.1, -0.05) is 19.9 Å². The van der Waals surface area contributed by atoms with Crippen LogP contribution in [0.15, 0.2) is 36.4 Å². The molecule has 0 atom stereocenters. The maximum atomic E-state index is 5.88. The Kier molecular flexibility index (Phi) is 5.05. The largest absolute Gasteiger partial charge is 0.476 e. The molecule has 2 aromatic rings. The third-order valence-corrected chi connectivity index (χ3v) is 3.21. The molecule has 0 aliphatic heterocycles. The van der Waals surface area contributed by atoms with Crippen molar-refractivity contribution < 1.29 is 4.74 Å². The summed E-state index contributed by atoms with van der Waals surface area (Å²) in [5.74, 6) is 1.64. The summed E-state index contributed by atoms with van der Waals surface area (Å²) in [6.07, 6.45) is 0. The van der Waals surface area contributed by atoms with Crippen LogP contribution in [0.3, 0.4) is 0 Å². The van der Waals surface area contributed by atoms with E-state index in [1.54, 1.807) is 6.07 Å². The summed E-state index contributed by atoms with van der Waals surface area (Å²) in [6.45, 7) is 4.78. The van der Waals surface area contributed by atoms with Crippen LogP contribution in [0.5, 0.6) is 5.88 Å². The Labute approximate surface area is 132 Å². The van der Waals surface area contributed by atoms with Crippen LogP contribution in [0.2, 0.25) is 0 Å². The molecule has 106 valence electrons. The van der Waals surface area contributed by atoms with E-state index in [2.05, 4.69) is 46.7 Å². The fraction of sp³-hybridized carbons (Fsp3) is 0.267. The van der Waals surface area contributed by atoms with Gasteiger partial charge in [-0.05, 0) is 58.8 Å². The van der Waals surface area contributed by atoms with E-state index in [1.165, 1.54) is 3.57 Å². The second-order valence-electron chi connectivity index (χ2n) is 4.93. The van der Waals surface area contributed by atoms with Crippen LogP contribution in [-0.2, 0) is 0 Å². The van der Waals surface area contributed by atoms with Crippen molar-refractivity contribution in [3.8, 4) is 5.88 Å². The van der Waals surface area contributed by atoms with Crippen LogP contribution in [-0.4, -0.2) is 11.6 Å². The number of ether oxygens (including phenoxy) is 1. The lowest BCUT2D eigenvalue weighted by Gasteiger charge is -2.12. The normalized spacial score (nSPS) is 10.6. The average molecular weight is 383 g/mol. The zero-order chi connectivity index (χ0) is 14.5. The Bertz CT molecular complexity index is 587. The van der Waals surface area contributed by atoms with Crippen molar-refractivity contribution in [2.45, 2.75) is 13.8 Å². The van der Waals surface area contributed by atoms with Gasteiger partial charge in [-0.2, -0.15) is 4.98 Å². The molecule has 0 bridgehead atoms. The van der Waals surface area contributed by atoms with Crippen molar-refractivity contribution in [3.05, 3.63) is 40.0 Å². The minimum absolute atomic E-state index is 0.434. The molecule has 0 saturated carbocycles. The lowest BCUT2D eigenvalue weighted by Crippen LogP contribution is -2.08. The first kappa shape index (κ1) is 14.9. The molecule has 0 unspecified atom stereocenters. The molecule has 0 fully saturated rings. The lowest BCUT2D eigenvalue weighted by molar-refractivity contribution is 0.263. The van der Waals surface area contributed by atoms with Crippen molar-refractivity contribution in [1.29, 1.82) is 0 Å². The molecule has 3 N–H and O–H groups in total. The standard InChI is InChI=1S/C15H18IN3O/c1-10(2)9-20-15-13(17)6-7-14(19-15)18-12-5-3-4-11(16)8-12/h3-8,10H,9,17H2,1-2H3,(H,18,19). The number of hydrogen-bond acceptors (Lipinski definition) is 4. The number of halogens is 1. The van der Waals surface area contributed by atoms with Gasteiger partial charge in [0.25, 0.3) is 0 Å². The molecule has 1 aromatic carbocycles. The fourth-order valence-corrected chi connectivity index (χ4v) is 2.14. The highest BCUT2D eigenvalue weighted by Crippen LogP contribution is 2.24. The first-order valence-corrected chi connectivity index (χ1v) is 7.54. The van der Waals surface area contributed by atoms with Crippen molar-refractivity contribution in [2.24, 2.45) is 5.92 Å². The number of anilines is 3. The van der Waals surface area contributed by atoms with E-state index in [0.717, 1.165) is 11.5 Å². The molecule has 20 heavy (non-hydrogen) atoms. The van der Waals surface area contributed by atoms with Gasteiger partial charge in [0.2, 0.25) is 5.88 Å². The van der Waals surface area contributed by atoms with Crippen LogP contribution in [0.4, 0.5) is 17.2 Å². The minimum atomic E-state index is 0.434. The van der Waals surface area contributed by atoms with E-state index in [1.807, 2.05) is 30.3 Å². The summed E-state index contributed by atoms with van der Waals surface area (Å²) in [6, 6.07) is 11.7. The van der Waals surface area contributed by atoms with Crippen LogP contribution in [0, 0.1) is 9.49 Å². The maximum absolute atomic E-state index is 5.88. The maximum Gasteiger partial charge on any atom is 0.239 e. The quantitative estimate of drug-likeness (QED) is 0.765. The zero-order valence-electron chi connectivity index (χ0n) is 11.6. The van der Waals surface area contributed by atoms with Crippen LogP contribution in [0.1, 0.15) is 13.8 Å². The summed E-state index contributed by atoms with van der Waals surface area (Å²) in [7, 11) is 0. The first-order chi connectivity index (χ1) is 9.54. The van der Waals surface area contributed by atoms with Gasteiger partial charge in [0.05, 0.1) is 12.3 Å². The Morgan fingerprint density at radius 3 is 2.80 bits per heavy atom. The van der Waals surface area contributed by atoms with Gasteiger partial charge in [-0.25, -0.2) is 0 Å². The van der Waals surface area contributed by atoms with Gasteiger partial charge in [0.15, 0.2) is 0 Å². The highest BCUT2D eigenvalue weighted by molar-refractivity contribution is 14.1. The summed E-state index contributed by atoms with van der Waals surface area (Å²) in [5, 5.41) is 3.25. The van der Waals surface area contributed by atoms with Crippen LogP contribution < -0.4 is 15.8 Å². The van der Waals surface area contributed by atoms with Crippen molar-refractivity contribution in [1.82, 2.24) is 4.98 Å². The van der Waals surface area contributed by atoms with E-state index in [-0.39, 0.29) is 0 Å². The average Bonchev–Trinajstić information content (AvgIpc) is 2.39. The number of nitrogen functional groups attached to an aromatic ring is 1. The number of rotatable bonds is 5. The highest BCUT2D eigenvalue weighted by atomic mass is 127. The summed E-state index contributed by atoms with van der Waals surface area (Å²) in [4.78, 5) is 4.41. The molecule has 0 spiro atoms. The number of nitrogens with two attached hydrogens (primary N) is 1. The van der Waals surface area contributed by atoms with E-state index >= 15 is 0 Å². The Morgan fingerprint density at radius 2 is 2.10 bits per heavy atom. The predicted octanol–water partition coefficient (Wildman–Crippen LogP) is 4.05. The van der Waals surface area contributed by atoms with Crippen molar-refractivity contribution in [3.63, 3.8) is 0 Å². The van der Waals surface area contributed by atoms with Crippen molar-refractivity contribution in [2.75, 3.05) is 17.7 Å². The number of aromatic nitrogens is 1. The lowest BCUT2D eigenvalue weighted by atomic mass is 10.2. The number of nitrogens with zero attached hydrogens (tertiary/aromatic N) is 1. The molecule has 0 aliphatic carbocycles. The summed E-state index contributed by atoms with van der Waals surface area (Å²) < 4.78 is 6.79. The Morgan fingerprint density at radius 1 is 1.30 bits per heavy atom. The van der Waals surface area contributed by atoms with Crippen LogP contribution in [0.25, 0.3) is 0 Å². The van der Waals surface area contributed by atoms with Crippen LogP contribution >= 0.6 is 22.6 Å². The molecule has 1 heterocycles. The Balaban J connectivity index is 2.14. The third kappa shape index (κ3) is 4.26. The molecule has 1 aromatic heterocycles. The van der Waals surface area contributed by atoms with Gasteiger partial charge in [0, 0.05) is 9.26 Å². The molecule has 4 nitrogen and oxygen atoms in total. The smallest absolute Gasteiger partial charge is 0.239 e. The number of benzene rings is 1. The Hall–Kier alpha value is -1.50. The molecular weight excluding hydrogens is 365 g/mol. The first-order valence-electron chi connectivity index (χ1n) is 6.46. The van der Waals surface area contributed by atoms with E-state index < -0.39 is 0 Å². The molecular formula is C15H18IN3O. The van der Waals surface area contributed by atoms with E-state index in [4.69, 9.17) is 10.5 Å². The van der Waals surface area contributed by atoms with Gasteiger partial charge >= 0.3 is 0 Å². The minimum Gasteiger partial charge on any atom is -0.476 e. The summed E-state index contributed by atoms with van der Waals surface area (Å²) >= 11 is 2.28. The molecule has 0 aliphatic rings. The monoisotopic (exact) mass is 383 g/mol. The zero-order valence-corrected chi connectivity index (χ0v) is 13.7. The van der Waals surface area contributed by atoms with E-state index in [0.29, 0.717) is 24.1 Å². The van der Waals surface area contributed by atoms with Crippen molar-refractivity contribution >= 4 is 39.8 Å². The fourth-order valence-electron chi connectivity index (χ4n) is 1.60. The van der Waals surface area contributed by atoms with Gasteiger partial charge < -0.3 is 15.8 Å². The highest BCUT2D eigenvalue weighted by Gasteiger charge is 2.06. The van der Waals surface area contributed by atoms with Gasteiger partial charge in [0.1, 0.15) is 5.82 Å². The number of nitrogens with one attached hydrogen (secondary N) is 1. The molecule has 5 heteroatoms. The topological polar surface area (TPSA) is 60.2 Å². The van der Waals surface area contributed by atoms with Gasteiger partial charge in [-0.3, -0.25) is 0 Å². The molecule has 0 radical (unpaired) electrons. The second kappa shape index (κ2) is 6.78. The number of hydrogen-bond donors (Lipinski definition) is 2. The SMILES string of the molecule is CC(C)COc1nc(Nc2cccc(I)c2)ccc1N. The van der Waals surface area contributed by atoms with E-state index in [9.17, 15) is 0 Å². The predicted molar refractivity (Wildman–Crippen MR) is 91.4 cm³/mol.